The van der Waals surface area contributed by atoms with E-state index < -0.39 is 6.29 Å². The molecule has 2 N–H and O–H groups in total. The molecule has 2 aromatic carbocycles. The van der Waals surface area contributed by atoms with Crippen molar-refractivity contribution in [3.05, 3.63) is 71.8 Å². The number of aliphatic hydroxyl groups excluding tert-OH is 1. The quantitative estimate of drug-likeness (QED) is 0.753. The van der Waals surface area contributed by atoms with Crippen molar-refractivity contribution < 1.29 is 10.2 Å². The van der Waals surface area contributed by atoms with Crippen molar-refractivity contribution in [3.63, 3.8) is 0 Å². The lowest BCUT2D eigenvalue weighted by Crippen LogP contribution is -2.14. The predicted octanol–water partition coefficient (Wildman–Crippen LogP) is 4.05. The van der Waals surface area contributed by atoms with Crippen LogP contribution in [0.5, 0.6) is 0 Å². The summed E-state index contributed by atoms with van der Waals surface area (Å²) in [6, 6.07) is 20.6. The zero-order valence-electron chi connectivity index (χ0n) is 12.5. The highest BCUT2D eigenvalue weighted by atomic mass is 16.5. The highest BCUT2D eigenvalue weighted by molar-refractivity contribution is 5.23. The molecule has 0 aromatic heterocycles. The van der Waals surface area contributed by atoms with Crippen LogP contribution in [0.4, 0.5) is 0 Å². The summed E-state index contributed by atoms with van der Waals surface area (Å²) in [6.07, 6.45) is 1.10. The largest absolute Gasteiger partial charge is 0.368 e. The minimum Gasteiger partial charge on any atom is -0.368 e. The molecule has 0 heterocycles. The number of benzene rings is 2. The first kappa shape index (κ1) is 15.7. The molecule has 0 saturated carbocycles. The van der Waals surface area contributed by atoms with Gasteiger partial charge in [-0.05, 0) is 35.8 Å². The van der Waals surface area contributed by atoms with E-state index in [1.165, 1.54) is 11.1 Å². The summed E-state index contributed by atoms with van der Waals surface area (Å²) < 4.78 is 0. The second-order valence-electron chi connectivity index (χ2n) is 5.58. The van der Waals surface area contributed by atoms with Crippen LogP contribution in [-0.2, 0) is 0 Å². The predicted molar refractivity (Wildman–Crippen MR) is 86.1 cm³/mol. The normalized spacial score (nSPS) is 14.1. The van der Waals surface area contributed by atoms with Crippen LogP contribution in [0, 0.1) is 0 Å². The van der Waals surface area contributed by atoms with Gasteiger partial charge in [0.1, 0.15) is 0 Å². The summed E-state index contributed by atoms with van der Waals surface area (Å²) in [5.41, 5.74) is 2.51. The molecule has 0 aliphatic heterocycles. The van der Waals surface area contributed by atoms with Crippen LogP contribution in [0.15, 0.2) is 60.7 Å². The Morgan fingerprint density at radius 1 is 0.714 bits per heavy atom. The molecule has 2 heteroatoms. The van der Waals surface area contributed by atoms with Gasteiger partial charge in [-0.15, -0.1) is 0 Å². The third-order valence-electron chi connectivity index (χ3n) is 4.10. The second kappa shape index (κ2) is 7.96. The molecule has 0 fully saturated rings. The molecular weight excluding hydrogens is 260 g/mol. The number of aliphatic hydroxyl groups is 2. The molecule has 21 heavy (non-hydrogen) atoms. The summed E-state index contributed by atoms with van der Waals surface area (Å²) in [5.74, 6) is 0.603. The third-order valence-corrected chi connectivity index (χ3v) is 4.10. The van der Waals surface area contributed by atoms with Crippen molar-refractivity contribution in [1.82, 2.24) is 0 Å². The fourth-order valence-corrected chi connectivity index (χ4v) is 2.96. The van der Waals surface area contributed by atoms with Crippen molar-refractivity contribution in [2.75, 3.05) is 0 Å². The Hall–Kier alpha value is -1.64. The van der Waals surface area contributed by atoms with Crippen LogP contribution in [-0.4, -0.2) is 16.5 Å². The van der Waals surface area contributed by atoms with Crippen LogP contribution in [0.1, 0.15) is 49.1 Å². The maximum Gasteiger partial charge on any atom is 0.152 e. The molecule has 0 radical (unpaired) electrons. The molecule has 0 saturated heterocycles. The molecule has 0 aliphatic carbocycles. The van der Waals surface area contributed by atoms with E-state index in [9.17, 15) is 10.2 Å². The standard InChI is InChI=1S/C19H24O2/c1-2-15(16-9-5-3-6-10-16)13-18(14-19(20)21)17-11-7-4-8-12-17/h3-12,15,18-21H,2,13-14H2,1H3. The average Bonchev–Trinajstić information content (AvgIpc) is 2.52. The number of rotatable bonds is 7. The van der Waals surface area contributed by atoms with Gasteiger partial charge in [0.2, 0.25) is 0 Å². The lowest BCUT2D eigenvalue weighted by atomic mass is 9.82. The molecule has 2 rings (SSSR count). The zero-order valence-corrected chi connectivity index (χ0v) is 12.5. The third kappa shape index (κ3) is 4.69. The van der Waals surface area contributed by atoms with Crippen LogP contribution in [0.25, 0.3) is 0 Å². The topological polar surface area (TPSA) is 40.5 Å². The lowest BCUT2D eigenvalue weighted by molar-refractivity contribution is -0.0506. The molecule has 0 spiro atoms. The van der Waals surface area contributed by atoms with Gasteiger partial charge in [0, 0.05) is 6.42 Å². The van der Waals surface area contributed by atoms with Crippen molar-refractivity contribution in [2.45, 2.75) is 44.3 Å². The van der Waals surface area contributed by atoms with Gasteiger partial charge in [-0.25, -0.2) is 0 Å². The van der Waals surface area contributed by atoms with Crippen LogP contribution in [0.3, 0.4) is 0 Å². The molecular formula is C19H24O2. The van der Waals surface area contributed by atoms with Gasteiger partial charge in [-0.1, -0.05) is 67.6 Å². The Kier molecular flexibility index (Phi) is 5.97. The first-order valence-electron chi connectivity index (χ1n) is 7.66. The SMILES string of the molecule is CCC(CC(CC(O)O)c1ccccc1)c1ccccc1. The van der Waals surface area contributed by atoms with E-state index in [2.05, 4.69) is 43.3 Å². The van der Waals surface area contributed by atoms with Crippen molar-refractivity contribution in [3.8, 4) is 0 Å². The maximum atomic E-state index is 9.40. The molecule has 2 nitrogen and oxygen atoms in total. The van der Waals surface area contributed by atoms with Gasteiger partial charge in [0.15, 0.2) is 6.29 Å². The van der Waals surface area contributed by atoms with E-state index in [4.69, 9.17) is 0 Å². The first-order valence-corrected chi connectivity index (χ1v) is 7.66. The van der Waals surface area contributed by atoms with Gasteiger partial charge in [-0.2, -0.15) is 0 Å². The average molecular weight is 284 g/mol. The minimum absolute atomic E-state index is 0.163. The molecule has 2 atom stereocenters. The Morgan fingerprint density at radius 3 is 1.62 bits per heavy atom. The minimum atomic E-state index is -1.26. The fourth-order valence-electron chi connectivity index (χ4n) is 2.96. The Labute approximate surface area is 127 Å². The van der Waals surface area contributed by atoms with E-state index in [-0.39, 0.29) is 5.92 Å². The molecule has 0 amide bonds. The fraction of sp³-hybridized carbons (Fsp3) is 0.368. The van der Waals surface area contributed by atoms with Crippen molar-refractivity contribution in [1.29, 1.82) is 0 Å². The van der Waals surface area contributed by atoms with Gasteiger partial charge >= 0.3 is 0 Å². The van der Waals surface area contributed by atoms with Crippen LogP contribution < -0.4 is 0 Å². The van der Waals surface area contributed by atoms with E-state index in [1.807, 2.05) is 24.3 Å². The molecule has 2 aromatic rings. The maximum absolute atomic E-state index is 9.40. The van der Waals surface area contributed by atoms with E-state index in [0.717, 1.165) is 12.8 Å². The second-order valence-corrected chi connectivity index (χ2v) is 5.58. The van der Waals surface area contributed by atoms with E-state index in [0.29, 0.717) is 12.3 Å². The summed E-state index contributed by atoms with van der Waals surface area (Å²) in [7, 11) is 0. The van der Waals surface area contributed by atoms with Crippen LogP contribution in [0.2, 0.25) is 0 Å². The smallest absolute Gasteiger partial charge is 0.152 e. The Morgan fingerprint density at radius 2 is 1.19 bits per heavy atom. The van der Waals surface area contributed by atoms with Gasteiger partial charge in [0.05, 0.1) is 0 Å². The summed E-state index contributed by atoms with van der Waals surface area (Å²) in [4.78, 5) is 0. The van der Waals surface area contributed by atoms with Crippen LogP contribution >= 0.6 is 0 Å². The first-order chi connectivity index (χ1) is 10.2. The van der Waals surface area contributed by atoms with Gasteiger partial charge in [-0.3, -0.25) is 0 Å². The van der Waals surface area contributed by atoms with Gasteiger partial charge in [0.25, 0.3) is 0 Å². The van der Waals surface area contributed by atoms with Crippen molar-refractivity contribution >= 4 is 0 Å². The van der Waals surface area contributed by atoms with Gasteiger partial charge < -0.3 is 10.2 Å². The highest BCUT2D eigenvalue weighted by Crippen LogP contribution is 2.34. The van der Waals surface area contributed by atoms with E-state index >= 15 is 0 Å². The van der Waals surface area contributed by atoms with Crippen molar-refractivity contribution in [2.24, 2.45) is 0 Å². The zero-order chi connectivity index (χ0) is 15.1. The summed E-state index contributed by atoms with van der Waals surface area (Å²) in [5, 5.41) is 18.8. The number of hydrogen-bond donors (Lipinski definition) is 2. The number of hydrogen-bond acceptors (Lipinski definition) is 2. The lowest BCUT2D eigenvalue weighted by Gasteiger charge is -2.24. The molecule has 0 bridgehead atoms. The Balaban J connectivity index is 2.17. The Bertz CT molecular complexity index is 508. The monoisotopic (exact) mass is 284 g/mol. The summed E-state index contributed by atoms with van der Waals surface area (Å²) >= 11 is 0. The molecule has 0 aliphatic rings. The molecule has 2 unspecified atom stereocenters. The summed E-state index contributed by atoms with van der Waals surface area (Å²) in [6.45, 7) is 2.19. The molecule has 112 valence electrons. The highest BCUT2D eigenvalue weighted by Gasteiger charge is 2.20. The van der Waals surface area contributed by atoms with E-state index in [1.54, 1.807) is 0 Å².